The molecule has 0 rings (SSSR count). The van der Waals surface area contributed by atoms with Crippen LogP contribution in [0.4, 0.5) is 9.59 Å². The Balaban J connectivity index is 4.64. The lowest BCUT2D eigenvalue weighted by atomic mass is 10.4. The van der Waals surface area contributed by atoms with Gasteiger partial charge in [0, 0.05) is 6.42 Å². The molecule has 0 saturated heterocycles. The van der Waals surface area contributed by atoms with Crippen LogP contribution >= 0.6 is 0 Å². The highest BCUT2D eigenvalue weighted by molar-refractivity contribution is 6.06. The smallest absolute Gasteiger partial charge is 0.426 e. The van der Waals surface area contributed by atoms with Crippen LogP contribution in [-0.4, -0.2) is 36.2 Å². The molecule has 0 heterocycles. The monoisotopic (exact) mass is 217 g/mol. The molecule has 6 heteroatoms. The van der Waals surface area contributed by atoms with E-state index >= 15 is 0 Å². The van der Waals surface area contributed by atoms with Gasteiger partial charge in [0.15, 0.2) is 0 Å². The van der Waals surface area contributed by atoms with Gasteiger partial charge in [-0.3, -0.25) is 4.79 Å². The summed E-state index contributed by atoms with van der Waals surface area (Å²) in [6.45, 7) is 4.88. The fraction of sp³-hybridized carbons (Fsp3) is 0.667. The van der Waals surface area contributed by atoms with Crippen molar-refractivity contribution in [3.05, 3.63) is 0 Å². The van der Waals surface area contributed by atoms with Gasteiger partial charge >= 0.3 is 12.2 Å². The molecule has 0 unspecified atom stereocenters. The predicted octanol–water partition coefficient (Wildman–Crippen LogP) is 1.54. The van der Waals surface area contributed by atoms with Gasteiger partial charge in [0.05, 0.1) is 13.2 Å². The molecule has 3 amide bonds. The van der Waals surface area contributed by atoms with Crippen LogP contribution in [0.5, 0.6) is 0 Å². The summed E-state index contributed by atoms with van der Waals surface area (Å²) in [5.74, 6) is -0.646. The molecule has 0 saturated carbocycles. The van der Waals surface area contributed by atoms with E-state index in [0.29, 0.717) is 4.90 Å². The van der Waals surface area contributed by atoms with E-state index in [2.05, 4.69) is 9.47 Å². The molecule has 0 radical (unpaired) electrons. The van der Waals surface area contributed by atoms with Crippen molar-refractivity contribution in [3.63, 3.8) is 0 Å². The number of hydrogen-bond donors (Lipinski definition) is 0. The van der Waals surface area contributed by atoms with Gasteiger partial charge < -0.3 is 9.47 Å². The summed E-state index contributed by atoms with van der Waals surface area (Å²) in [4.78, 5) is 34.1. The number of carbonyl (C=O) groups excluding carboxylic acids is 3. The van der Waals surface area contributed by atoms with E-state index in [1.54, 1.807) is 13.8 Å². The Bertz CT molecular complexity index is 233. The van der Waals surface area contributed by atoms with Crippen molar-refractivity contribution < 1.29 is 23.9 Å². The van der Waals surface area contributed by atoms with Crippen LogP contribution < -0.4 is 0 Å². The van der Waals surface area contributed by atoms with Crippen molar-refractivity contribution in [2.24, 2.45) is 0 Å². The minimum atomic E-state index is -0.997. The fourth-order valence-electron chi connectivity index (χ4n) is 0.812. The Morgan fingerprint density at radius 2 is 1.33 bits per heavy atom. The first-order chi connectivity index (χ1) is 7.08. The maximum atomic E-state index is 11.3. The highest BCUT2D eigenvalue weighted by atomic mass is 16.6. The van der Waals surface area contributed by atoms with Gasteiger partial charge in [-0.2, -0.15) is 0 Å². The normalized spacial score (nSPS) is 9.27. The van der Waals surface area contributed by atoms with Gasteiger partial charge in [-0.25, -0.2) is 9.59 Å². The van der Waals surface area contributed by atoms with E-state index in [1.807, 2.05) is 0 Å². The summed E-state index contributed by atoms with van der Waals surface area (Å²) in [5, 5.41) is 0. The lowest BCUT2D eigenvalue weighted by molar-refractivity contribution is -0.127. The molecule has 15 heavy (non-hydrogen) atoms. The molecule has 0 atom stereocenters. The van der Waals surface area contributed by atoms with Crippen LogP contribution in [0.1, 0.15) is 27.2 Å². The standard InChI is InChI=1S/C9H15NO5/c1-4-7(11)10(8(12)14-5-2)9(13)15-6-3/h4-6H2,1-3H3. The molecule has 0 aliphatic rings. The third-order valence-corrected chi connectivity index (χ3v) is 1.45. The molecule has 0 aliphatic heterocycles. The number of rotatable bonds is 3. The van der Waals surface area contributed by atoms with Crippen molar-refractivity contribution in [2.75, 3.05) is 13.2 Å². The number of imide groups is 3. The van der Waals surface area contributed by atoms with Gasteiger partial charge in [-0.1, -0.05) is 6.92 Å². The number of carbonyl (C=O) groups is 3. The largest absolute Gasteiger partial charge is 0.449 e. The van der Waals surface area contributed by atoms with Gasteiger partial charge in [0.2, 0.25) is 5.91 Å². The molecule has 0 aromatic carbocycles. The summed E-state index contributed by atoms with van der Waals surface area (Å²) in [7, 11) is 0. The number of hydrogen-bond acceptors (Lipinski definition) is 5. The van der Waals surface area contributed by atoms with E-state index < -0.39 is 18.1 Å². The van der Waals surface area contributed by atoms with E-state index in [1.165, 1.54) is 6.92 Å². The van der Waals surface area contributed by atoms with E-state index in [0.717, 1.165) is 0 Å². The Hall–Kier alpha value is -1.59. The highest BCUT2D eigenvalue weighted by Gasteiger charge is 2.29. The maximum absolute atomic E-state index is 11.3. The second-order valence-corrected chi connectivity index (χ2v) is 2.48. The van der Waals surface area contributed by atoms with Crippen LogP contribution in [0.25, 0.3) is 0 Å². The Kier molecular flexibility index (Phi) is 6.08. The second-order valence-electron chi connectivity index (χ2n) is 2.48. The first-order valence-electron chi connectivity index (χ1n) is 4.74. The summed E-state index contributed by atoms with van der Waals surface area (Å²) >= 11 is 0. The van der Waals surface area contributed by atoms with Crippen molar-refractivity contribution in [1.82, 2.24) is 4.90 Å². The number of ether oxygens (including phenoxy) is 2. The third-order valence-electron chi connectivity index (χ3n) is 1.45. The summed E-state index contributed by atoms with van der Waals surface area (Å²) < 4.78 is 9.12. The molecular formula is C9H15NO5. The molecule has 0 N–H and O–H groups in total. The van der Waals surface area contributed by atoms with E-state index in [9.17, 15) is 14.4 Å². The SMILES string of the molecule is CCOC(=O)N(C(=O)CC)C(=O)OCC. The summed E-state index contributed by atoms with van der Waals surface area (Å²) in [6, 6.07) is 0. The molecule has 0 fully saturated rings. The molecule has 0 aromatic rings. The quantitative estimate of drug-likeness (QED) is 0.716. The molecule has 0 aromatic heterocycles. The Labute approximate surface area is 88.1 Å². The van der Waals surface area contributed by atoms with E-state index in [-0.39, 0.29) is 19.6 Å². The molecule has 0 spiro atoms. The molecule has 0 bridgehead atoms. The maximum Gasteiger partial charge on any atom is 0.426 e. The Morgan fingerprint density at radius 1 is 0.933 bits per heavy atom. The van der Waals surface area contributed by atoms with Gasteiger partial charge in [0.1, 0.15) is 0 Å². The highest BCUT2D eigenvalue weighted by Crippen LogP contribution is 2.02. The van der Waals surface area contributed by atoms with Crippen LogP contribution in [0, 0.1) is 0 Å². The number of amides is 3. The van der Waals surface area contributed by atoms with Crippen LogP contribution in [0.2, 0.25) is 0 Å². The molecular weight excluding hydrogens is 202 g/mol. The van der Waals surface area contributed by atoms with Crippen LogP contribution in [0.15, 0.2) is 0 Å². The minimum Gasteiger partial charge on any atom is -0.449 e. The predicted molar refractivity (Wildman–Crippen MR) is 51.2 cm³/mol. The van der Waals surface area contributed by atoms with Crippen LogP contribution in [0.3, 0.4) is 0 Å². The van der Waals surface area contributed by atoms with E-state index in [4.69, 9.17) is 0 Å². The third kappa shape index (κ3) is 3.97. The summed E-state index contributed by atoms with van der Waals surface area (Å²) in [5.41, 5.74) is 0. The minimum absolute atomic E-state index is 0.0254. The zero-order valence-corrected chi connectivity index (χ0v) is 9.11. The average Bonchev–Trinajstić information content (AvgIpc) is 2.18. The molecule has 0 aliphatic carbocycles. The van der Waals surface area contributed by atoms with Gasteiger partial charge in [0.25, 0.3) is 0 Å². The Morgan fingerprint density at radius 3 is 1.60 bits per heavy atom. The lowest BCUT2D eigenvalue weighted by Crippen LogP contribution is -2.42. The van der Waals surface area contributed by atoms with Crippen molar-refractivity contribution in [3.8, 4) is 0 Å². The topological polar surface area (TPSA) is 72.9 Å². The van der Waals surface area contributed by atoms with Gasteiger partial charge in [-0.15, -0.1) is 4.90 Å². The first-order valence-corrected chi connectivity index (χ1v) is 4.74. The summed E-state index contributed by atoms with van der Waals surface area (Å²) in [6.07, 6.45) is -1.97. The lowest BCUT2D eigenvalue weighted by Gasteiger charge is -2.16. The van der Waals surface area contributed by atoms with Crippen molar-refractivity contribution in [2.45, 2.75) is 27.2 Å². The van der Waals surface area contributed by atoms with Crippen molar-refractivity contribution in [1.29, 1.82) is 0 Å². The van der Waals surface area contributed by atoms with Gasteiger partial charge in [-0.05, 0) is 13.8 Å². The van der Waals surface area contributed by atoms with Crippen molar-refractivity contribution >= 4 is 18.1 Å². The first kappa shape index (κ1) is 13.4. The molecule has 6 nitrogen and oxygen atoms in total. The second kappa shape index (κ2) is 6.80. The number of nitrogens with zero attached hydrogens (tertiary/aromatic N) is 1. The average molecular weight is 217 g/mol. The zero-order chi connectivity index (χ0) is 11.8. The zero-order valence-electron chi connectivity index (χ0n) is 9.11. The fourth-order valence-corrected chi connectivity index (χ4v) is 0.812. The van der Waals surface area contributed by atoms with Crippen LogP contribution in [-0.2, 0) is 14.3 Å². The molecule has 86 valence electrons.